The van der Waals surface area contributed by atoms with Gasteiger partial charge in [-0.3, -0.25) is 4.90 Å². The zero-order chi connectivity index (χ0) is 16.7. The van der Waals surface area contributed by atoms with Crippen molar-refractivity contribution in [1.82, 2.24) is 10.2 Å². The first-order valence-electron chi connectivity index (χ1n) is 8.94. The van der Waals surface area contributed by atoms with Crippen molar-refractivity contribution in [3.05, 3.63) is 35.4 Å². The zero-order valence-electron chi connectivity index (χ0n) is 15.3. The van der Waals surface area contributed by atoms with Crippen molar-refractivity contribution in [2.24, 2.45) is 16.6 Å². The molecule has 2 rings (SSSR count). The van der Waals surface area contributed by atoms with Crippen LogP contribution in [0.2, 0.25) is 0 Å². The van der Waals surface area contributed by atoms with Gasteiger partial charge in [0.05, 0.1) is 6.54 Å². The quantitative estimate of drug-likeness (QED) is 0.399. The Kier molecular flexibility index (Phi) is 9.66. The molecule has 0 bridgehead atoms. The number of aliphatic imine (C=N–C) groups is 1. The van der Waals surface area contributed by atoms with Crippen LogP contribution in [0.25, 0.3) is 0 Å². The maximum Gasteiger partial charge on any atom is 0.189 e. The molecule has 0 spiro atoms. The third-order valence-corrected chi connectivity index (χ3v) is 4.81. The standard InChI is InChI=1S/C19H32N4.HI/c1-4-16(3)22-19(20)21-13-17-7-5-6-8-18(17)14-23-11-9-15(2)10-12-23;/h5-8,15-16H,4,9-14H2,1-3H3,(H3,20,21,22);1H. The summed E-state index contributed by atoms with van der Waals surface area (Å²) < 4.78 is 0. The van der Waals surface area contributed by atoms with E-state index >= 15 is 0 Å². The summed E-state index contributed by atoms with van der Waals surface area (Å²) >= 11 is 0. The van der Waals surface area contributed by atoms with Gasteiger partial charge < -0.3 is 11.1 Å². The molecule has 136 valence electrons. The maximum atomic E-state index is 5.98. The van der Waals surface area contributed by atoms with E-state index in [4.69, 9.17) is 5.73 Å². The number of piperidine rings is 1. The normalized spacial score (nSPS) is 18.0. The van der Waals surface area contributed by atoms with Crippen LogP contribution in [0.4, 0.5) is 0 Å². The summed E-state index contributed by atoms with van der Waals surface area (Å²) in [6.07, 6.45) is 3.67. The summed E-state index contributed by atoms with van der Waals surface area (Å²) in [6.45, 7) is 10.7. The highest BCUT2D eigenvalue weighted by Crippen LogP contribution is 2.20. The summed E-state index contributed by atoms with van der Waals surface area (Å²) in [5.41, 5.74) is 8.63. The van der Waals surface area contributed by atoms with Gasteiger partial charge in [-0.05, 0) is 56.3 Å². The average Bonchev–Trinajstić information content (AvgIpc) is 2.56. The lowest BCUT2D eigenvalue weighted by Crippen LogP contribution is -2.38. The summed E-state index contributed by atoms with van der Waals surface area (Å²) in [5.74, 6) is 1.42. The molecule has 0 radical (unpaired) electrons. The molecule has 1 atom stereocenters. The van der Waals surface area contributed by atoms with E-state index in [0.717, 1.165) is 18.9 Å². The van der Waals surface area contributed by atoms with E-state index < -0.39 is 0 Å². The molecule has 0 aromatic heterocycles. The molecule has 1 aromatic rings. The predicted octanol–water partition coefficient (Wildman–Crippen LogP) is 3.74. The lowest BCUT2D eigenvalue weighted by atomic mass is 9.98. The number of nitrogens with zero attached hydrogens (tertiary/aromatic N) is 2. The van der Waals surface area contributed by atoms with Crippen LogP contribution in [0.3, 0.4) is 0 Å². The molecule has 1 saturated heterocycles. The highest BCUT2D eigenvalue weighted by atomic mass is 127. The van der Waals surface area contributed by atoms with Crippen molar-refractivity contribution in [3.8, 4) is 0 Å². The Hall–Kier alpha value is -0.820. The van der Waals surface area contributed by atoms with E-state index in [1.54, 1.807) is 0 Å². The van der Waals surface area contributed by atoms with Gasteiger partial charge in [-0.15, -0.1) is 24.0 Å². The third kappa shape index (κ3) is 6.97. The first-order chi connectivity index (χ1) is 11.1. The number of nitrogens with one attached hydrogen (secondary N) is 1. The number of halogens is 1. The van der Waals surface area contributed by atoms with Crippen molar-refractivity contribution in [2.45, 2.75) is 59.2 Å². The van der Waals surface area contributed by atoms with Crippen molar-refractivity contribution in [1.29, 1.82) is 0 Å². The Bertz CT molecular complexity index is 510. The van der Waals surface area contributed by atoms with Crippen LogP contribution in [0.5, 0.6) is 0 Å². The van der Waals surface area contributed by atoms with Gasteiger partial charge in [0, 0.05) is 12.6 Å². The second-order valence-corrected chi connectivity index (χ2v) is 6.88. The van der Waals surface area contributed by atoms with Gasteiger partial charge in [0.15, 0.2) is 5.96 Å². The number of guanidine groups is 1. The fourth-order valence-electron chi connectivity index (χ4n) is 2.90. The summed E-state index contributed by atoms with van der Waals surface area (Å²) in [5, 5.41) is 3.22. The van der Waals surface area contributed by atoms with Gasteiger partial charge in [0.1, 0.15) is 0 Å². The van der Waals surface area contributed by atoms with Gasteiger partial charge in [-0.2, -0.15) is 0 Å². The van der Waals surface area contributed by atoms with E-state index in [1.165, 1.54) is 37.1 Å². The van der Waals surface area contributed by atoms with Gasteiger partial charge in [-0.25, -0.2) is 4.99 Å². The smallest absolute Gasteiger partial charge is 0.189 e. The molecule has 5 heteroatoms. The van der Waals surface area contributed by atoms with E-state index in [0.29, 0.717) is 18.5 Å². The Balaban J connectivity index is 0.00000288. The zero-order valence-corrected chi connectivity index (χ0v) is 17.6. The van der Waals surface area contributed by atoms with E-state index in [9.17, 15) is 0 Å². The molecular weight excluding hydrogens is 411 g/mol. The molecular formula is C19H33IN4. The topological polar surface area (TPSA) is 53.6 Å². The lowest BCUT2D eigenvalue weighted by Gasteiger charge is -2.30. The second-order valence-electron chi connectivity index (χ2n) is 6.88. The lowest BCUT2D eigenvalue weighted by molar-refractivity contribution is 0.185. The fraction of sp³-hybridized carbons (Fsp3) is 0.632. The SMILES string of the molecule is CCC(C)NC(N)=NCc1ccccc1CN1CCC(C)CC1.I. The molecule has 0 aliphatic carbocycles. The number of hydrogen-bond donors (Lipinski definition) is 2. The van der Waals surface area contributed by atoms with Crippen LogP contribution in [0, 0.1) is 5.92 Å². The number of likely N-dealkylation sites (tertiary alicyclic amines) is 1. The molecule has 1 heterocycles. The maximum absolute atomic E-state index is 5.98. The van der Waals surface area contributed by atoms with E-state index in [2.05, 4.69) is 60.2 Å². The fourth-order valence-corrected chi connectivity index (χ4v) is 2.90. The Morgan fingerprint density at radius 2 is 1.92 bits per heavy atom. The molecule has 1 aliphatic rings. The largest absolute Gasteiger partial charge is 0.370 e. The summed E-state index contributed by atoms with van der Waals surface area (Å²) in [6, 6.07) is 8.97. The molecule has 0 amide bonds. The minimum absolute atomic E-state index is 0. The van der Waals surface area contributed by atoms with Crippen LogP contribution < -0.4 is 11.1 Å². The molecule has 24 heavy (non-hydrogen) atoms. The number of rotatable bonds is 6. The van der Waals surface area contributed by atoms with Crippen molar-refractivity contribution < 1.29 is 0 Å². The molecule has 1 fully saturated rings. The highest BCUT2D eigenvalue weighted by Gasteiger charge is 2.16. The molecule has 0 saturated carbocycles. The van der Waals surface area contributed by atoms with Crippen LogP contribution >= 0.6 is 24.0 Å². The molecule has 3 N–H and O–H groups in total. The van der Waals surface area contributed by atoms with Crippen LogP contribution in [-0.2, 0) is 13.1 Å². The van der Waals surface area contributed by atoms with Gasteiger partial charge >= 0.3 is 0 Å². The van der Waals surface area contributed by atoms with Gasteiger partial charge in [0.25, 0.3) is 0 Å². The number of hydrogen-bond acceptors (Lipinski definition) is 2. The summed E-state index contributed by atoms with van der Waals surface area (Å²) in [7, 11) is 0. The van der Waals surface area contributed by atoms with Crippen molar-refractivity contribution >= 4 is 29.9 Å². The molecule has 4 nitrogen and oxygen atoms in total. The molecule has 1 aromatic carbocycles. The minimum atomic E-state index is 0. The highest BCUT2D eigenvalue weighted by molar-refractivity contribution is 14.0. The first kappa shape index (κ1) is 21.2. The summed E-state index contributed by atoms with van der Waals surface area (Å²) in [4.78, 5) is 7.07. The van der Waals surface area contributed by atoms with Crippen LogP contribution in [0.15, 0.2) is 29.3 Å². The third-order valence-electron chi connectivity index (χ3n) is 4.81. The number of benzene rings is 1. The molecule has 1 unspecified atom stereocenters. The van der Waals surface area contributed by atoms with Crippen molar-refractivity contribution in [2.75, 3.05) is 13.1 Å². The number of nitrogens with two attached hydrogens (primary N) is 1. The van der Waals surface area contributed by atoms with Crippen LogP contribution in [-0.4, -0.2) is 30.0 Å². The van der Waals surface area contributed by atoms with Gasteiger partial charge in [-0.1, -0.05) is 38.1 Å². The minimum Gasteiger partial charge on any atom is -0.370 e. The van der Waals surface area contributed by atoms with E-state index in [-0.39, 0.29) is 24.0 Å². The Labute approximate surface area is 164 Å². The van der Waals surface area contributed by atoms with Crippen LogP contribution in [0.1, 0.15) is 51.2 Å². The Morgan fingerprint density at radius 3 is 2.54 bits per heavy atom. The van der Waals surface area contributed by atoms with E-state index in [1.807, 2.05) is 0 Å². The second kappa shape index (κ2) is 10.9. The monoisotopic (exact) mass is 444 g/mol. The first-order valence-corrected chi connectivity index (χ1v) is 8.94. The average molecular weight is 444 g/mol. The van der Waals surface area contributed by atoms with Crippen molar-refractivity contribution in [3.63, 3.8) is 0 Å². The molecule has 1 aliphatic heterocycles. The van der Waals surface area contributed by atoms with Gasteiger partial charge in [0.2, 0.25) is 0 Å². The predicted molar refractivity (Wildman–Crippen MR) is 114 cm³/mol. The Morgan fingerprint density at radius 1 is 1.29 bits per heavy atom.